The Hall–Kier alpha value is -0.570. The summed E-state index contributed by atoms with van der Waals surface area (Å²) in [6, 6.07) is 0. The normalized spacial score (nSPS) is 11.9. The molecule has 0 aromatic rings. The van der Waals surface area contributed by atoms with Gasteiger partial charge < -0.3 is 14.4 Å². The van der Waals surface area contributed by atoms with Crippen LogP contribution in [0.2, 0.25) is 0 Å². The fourth-order valence-corrected chi connectivity index (χ4v) is 2.03. The molecule has 0 aromatic carbocycles. The molecule has 4 nitrogen and oxygen atoms in total. The quantitative estimate of drug-likeness (QED) is 0.387. The first-order chi connectivity index (χ1) is 6.68. The average Bonchev–Trinajstić information content (AvgIpc) is 2.13. The van der Waals surface area contributed by atoms with Gasteiger partial charge in [-0.3, -0.25) is 4.57 Å². The van der Waals surface area contributed by atoms with Gasteiger partial charge in [0.25, 0.3) is 0 Å². The summed E-state index contributed by atoms with van der Waals surface area (Å²) >= 11 is 0. The Labute approximate surface area is 85.5 Å². The lowest BCUT2D eigenvalue weighted by atomic mass is 10.6. The maximum absolute atomic E-state index is 11.8. The summed E-state index contributed by atoms with van der Waals surface area (Å²) in [5.41, 5.74) is 0. The standard InChI is InChI=1S/C9H18NO3P/c1-4-7-10-8-9-14(11,12-5-2)13-6-3/h4,8-10H,1,5-7H2,2-3H3/b9-8+. The van der Waals surface area contributed by atoms with Crippen LogP contribution < -0.4 is 5.32 Å². The molecule has 5 heteroatoms. The van der Waals surface area contributed by atoms with Crippen molar-refractivity contribution in [2.45, 2.75) is 13.8 Å². The van der Waals surface area contributed by atoms with E-state index in [-0.39, 0.29) is 0 Å². The van der Waals surface area contributed by atoms with Crippen molar-refractivity contribution in [3.63, 3.8) is 0 Å². The summed E-state index contributed by atoms with van der Waals surface area (Å²) in [6.07, 6.45) is 3.27. The molecule has 0 rings (SSSR count). The molecule has 0 unspecified atom stereocenters. The lowest BCUT2D eigenvalue weighted by Gasteiger charge is -2.12. The molecule has 0 radical (unpaired) electrons. The molecule has 0 aromatic heterocycles. The molecule has 0 spiro atoms. The van der Waals surface area contributed by atoms with Crippen molar-refractivity contribution in [3.05, 3.63) is 24.7 Å². The van der Waals surface area contributed by atoms with Crippen molar-refractivity contribution in [1.82, 2.24) is 5.32 Å². The topological polar surface area (TPSA) is 47.6 Å². The Kier molecular flexibility index (Phi) is 7.48. The number of hydrogen-bond acceptors (Lipinski definition) is 4. The zero-order valence-electron chi connectivity index (χ0n) is 8.73. The third-order valence-corrected chi connectivity index (χ3v) is 3.01. The molecule has 0 saturated carbocycles. The Morgan fingerprint density at radius 3 is 2.36 bits per heavy atom. The van der Waals surface area contributed by atoms with Gasteiger partial charge in [0.15, 0.2) is 0 Å². The van der Waals surface area contributed by atoms with Gasteiger partial charge in [0, 0.05) is 18.6 Å². The van der Waals surface area contributed by atoms with Gasteiger partial charge in [0.2, 0.25) is 0 Å². The monoisotopic (exact) mass is 219 g/mol. The van der Waals surface area contributed by atoms with Gasteiger partial charge in [-0.05, 0) is 13.8 Å². The molecule has 14 heavy (non-hydrogen) atoms. The zero-order chi connectivity index (χ0) is 10.9. The molecule has 0 heterocycles. The molecular formula is C9H18NO3P. The zero-order valence-corrected chi connectivity index (χ0v) is 9.63. The van der Waals surface area contributed by atoms with Crippen LogP contribution in [-0.4, -0.2) is 19.8 Å². The fraction of sp³-hybridized carbons (Fsp3) is 0.556. The minimum absolute atomic E-state index is 0.364. The van der Waals surface area contributed by atoms with E-state index in [1.165, 1.54) is 5.82 Å². The Morgan fingerprint density at radius 2 is 1.93 bits per heavy atom. The van der Waals surface area contributed by atoms with E-state index < -0.39 is 7.60 Å². The summed E-state index contributed by atoms with van der Waals surface area (Å²) in [6.45, 7) is 8.44. The van der Waals surface area contributed by atoms with Gasteiger partial charge in [-0.15, -0.1) is 6.58 Å². The van der Waals surface area contributed by atoms with Crippen LogP contribution in [0.4, 0.5) is 0 Å². The summed E-state index contributed by atoms with van der Waals surface area (Å²) < 4.78 is 21.8. The van der Waals surface area contributed by atoms with Gasteiger partial charge in [-0.25, -0.2) is 0 Å². The van der Waals surface area contributed by atoms with Gasteiger partial charge in [0.1, 0.15) is 0 Å². The molecule has 0 fully saturated rings. The molecule has 0 aliphatic rings. The molecule has 0 atom stereocenters. The van der Waals surface area contributed by atoms with E-state index in [2.05, 4.69) is 11.9 Å². The highest BCUT2D eigenvalue weighted by molar-refractivity contribution is 7.57. The van der Waals surface area contributed by atoms with E-state index in [0.29, 0.717) is 19.8 Å². The Bertz CT molecular complexity index is 218. The predicted molar refractivity (Wildman–Crippen MR) is 58.2 cm³/mol. The van der Waals surface area contributed by atoms with Gasteiger partial charge in [0.05, 0.1) is 13.2 Å². The second-order valence-electron chi connectivity index (χ2n) is 2.39. The third-order valence-electron chi connectivity index (χ3n) is 1.26. The second kappa shape index (κ2) is 7.80. The van der Waals surface area contributed by atoms with E-state index >= 15 is 0 Å². The number of rotatable bonds is 8. The maximum Gasteiger partial charge on any atom is 0.355 e. The fourth-order valence-electron chi connectivity index (χ4n) is 0.779. The van der Waals surface area contributed by atoms with E-state index in [1.54, 1.807) is 26.1 Å². The van der Waals surface area contributed by atoms with E-state index in [9.17, 15) is 4.57 Å². The van der Waals surface area contributed by atoms with Crippen LogP contribution in [0, 0.1) is 0 Å². The largest absolute Gasteiger partial charge is 0.387 e. The SMILES string of the molecule is C=CCN/C=C/P(=O)(OCC)OCC. The van der Waals surface area contributed by atoms with Crippen LogP contribution in [0.3, 0.4) is 0 Å². The summed E-state index contributed by atoms with van der Waals surface area (Å²) in [5.74, 6) is 1.42. The van der Waals surface area contributed by atoms with E-state index in [0.717, 1.165) is 0 Å². The molecule has 0 aliphatic carbocycles. The molecule has 0 aliphatic heterocycles. The summed E-state index contributed by atoms with van der Waals surface area (Å²) in [7, 11) is -3.04. The van der Waals surface area contributed by atoms with Crippen molar-refractivity contribution >= 4 is 7.60 Å². The molecular weight excluding hydrogens is 201 g/mol. The first kappa shape index (κ1) is 13.4. The van der Waals surface area contributed by atoms with Crippen molar-refractivity contribution in [3.8, 4) is 0 Å². The molecule has 0 saturated heterocycles. The van der Waals surface area contributed by atoms with E-state index in [4.69, 9.17) is 9.05 Å². The van der Waals surface area contributed by atoms with E-state index in [1.807, 2.05) is 0 Å². The first-order valence-corrected chi connectivity index (χ1v) is 6.20. The van der Waals surface area contributed by atoms with Crippen LogP contribution in [-0.2, 0) is 13.6 Å². The van der Waals surface area contributed by atoms with Crippen LogP contribution in [0.5, 0.6) is 0 Å². The first-order valence-electron chi connectivity index (χ1n) is 4.59. The van der Waals surface area contributed by atoms with Crippen molar-refractivity contribution in [2.24, 2.45) is 0 Å². The highest BCUT2D eigenvalue weighted by Crippen LogP contribution is 2.49. The van der Waals surface area contributed by atoms with Crippen LogP contribution in [0.15, 0.2) is 24.7 Å². The second-order valence-corrected chi connectivity index (χ2v) is 4.28. The minimum Gasteiger partial charge on any atom is -0.387 e. The van der Waals surface area contributed by atoms with Crippen LogP contribution >= 0.6 is 7.60 Å². The minimum atomic E-state index is -3.04. The lowest BCUT2D eigenvalue weighted by molar-refractivity contribution is 0.229. The maximum atomic E-state index is 11.8. The summed E-state index contributed by atoms with van der Waals surface area (Å²) in [4.78, 5) is 0. The van der Waals surface area contributed by atoms with Gasteiger partial charge in [-0.1, -0.05) is 6.08 Å². The van der Waals surface area contributed by atoms with Gasteiger partial charge in [-0.2, -0.15) is 0 Å². The molecule has 82 valence electrons. The molecule has 1 N–H and O–H groups in total. The van der Waals surface area contributed by atoms with Crippen LogP contribution in [0.1, 0.15) is 13.8 Å². The van der Waals surface area contributed by atoms with Gasteiger partial charge >= 0.3 is 7.60 Å². The smallest absolute Gasteiger partial charge is 0.355 e. The third kappa shape index (κ3) is 5.97. The number of nitrogens with one attached hydrogen (secondary N) is 1. The van der Waals surface area contributed by atoms with Crippen molar-refractivity contribution in [2.75, 3.05) is 19.8 Å². The Balaban J connectivity index is 4.13. The van der Waals surface area contributed by atoms with Crippen molar-refractivity contribution in [1.29, 1.82) is 0 Å². The molecule has 0 amide bonds. The highest BCUT2D eigenvalue weighted by Gasteiger charge is 2.18. The predicted octanol–water partition coefficient (Wildman–Crippen LogP) is 2.50. The van der Waals surface area contributed by atoms with Crippen LogP contribution in [0.25, 0.3) is 0 Å². The molecule has 0 bridgehead atoms. The highest BCUT2D eigenvalue weighted by atomic mass is 31.2. The lowest BCUT2D eigenvalue weighted by Crippen LogP contribution is -2.03. The summed E-state index contributed by atoms with van der Waals surface area (Å²) in [5, 5.41) is 2.88. The average molecular weight is 219 g/mol. The Morgan fingerprint density at radius 1 is 1.36 bits per heavy atom. The van der Waals surface area contributed by atoms with Crippen molar-refractivity contribution < 1.29 is 13.6 Å². The number of hydrogen-bond donors (Lipinski definition) is 1.